The van der Waals surface area contributed by atoms with E-state index in [1.807, 2.05) is 32.2 Å². The standard InChI is InChI=1S/C16H20N2O3S/c1-11(16(19)20)21-15-7-5-4-6-13(15)8-18(3)9-14-10-22-12(2)17-14/h4-7,10-11H,8-9H2,1-3H3,(H,19,20)/t11-/m0/s1. The normalized spacial score (nSPS) is 12.4. The topological polar surface area (TPSA) is 62.7 Å². The van der Waals surface area contributed by atoms with E-state index in [-0.39, 0.29) is 0 Å². The zero-order valence-electron chi connectivity index (χ0n) is 12.9. The second-order valence-electron chi connectivity index (χ2n) is 5.24. The smallest absolute Gasteiger partial charge is 0.344 e. The number of carboxylic acids is 1. The van der Waals surface area contributed by atoms with Crippen LogP contribution < -0.4 is 4.74 Å². The maximum Gasteiger partial charge on any atom is 0.344 e. The van der Waals surface area contributed by atoms with E-state index >= 15 is 0 Å². The summed E-state index contributed by atoms with van der Waals surface area (Å²) in [5, 5.41) is 12.1. The number of ether oxygens (including phenoxy) is 1. The summed E-state index contributed by atoms with van der Waals surface area (Å²) >= 11 is 1.64. The molecular weight excluding hydrogens is 300 g/mol. The van der Waals surface area contributed by atoms with Crippen molar-refractivity contribution in [2.45, 2.75) is 33.0 Å². The van der Waals surface area contributed by atoms with Gasteiger partial charge in [-0.25, -0.2) is 9.78 Å². The SMILES string of the molecule is Cc1nc(CN(C)Cc2ccccc2O[C@@H](C)C(=O)O)cs1. The highest BCUT2D eigenvalue weighted by atomic mass is 32.1. The molecule has 2 aromatic rings. The molecule has 1 atom stereocenters. The molecular formula is C16H20N2O3S. The monoisotopic (exact) mass is 320 g/mol. The van der Waals surface area contributed by atoms with Gasteiger partial charge in [-0.05, 0) is 27.0 Å². The zero-order valence-corrected chi connectivity index (χ0v) is 13.8. The van der Waals surface area contributed by atoms with E-state index in [9.17, 15) is 4.79 Å². The Morgan fingerprint density at radius 1 is 1.41 bits per heavy atom. The molecule has 0 saturated heterocycles. The van der Waals surface area contributed by atoms with Crippen molar-refractivity contribution in [1.29, 1.82) is 0 Å². The Labute approximate surface area is 134 Å². The first-order chi connectivity index (χ1) is 10.5. The molecule has 0 saturated carbocycles. The van der Waals surface area contributed by atoms with Crippen molar-refractivity contribution >= 4 is 17.3 Å². The van der Waals surface area contributed by atoms with E-state index in [2.05, 4.69) is 15.3 Å². The molecule has 1 aromatic carbocycles. The number of hydrogen-bond donors (Lipinski definition) is 1. The van der Waals surface area contributed by atoms with Gasteiger partial charge >= 0.3 is 5.97 Å². The summed E-state index contributed by atoms with van der Waals surface area (Å²) < 4.78 is 5.52. The van der Waals surface area contributed by atoms with E-state index in [0.717, 1.165) is 22.8 Å². The van der Waals surface area contributed by atoms with Crippen molar-refractivity contribution < 1.29 is 14.6 Å². The van der Waals surface area contributed by atoms with Gasteiger partial charge in [0.1, 0.15) is 5.75 Å². The number of carbonyl (C=O) groups is 1. The first-order valence-electron chi connectivity index (χ1n) is 7.02. The minimum Gasteiger partial charge on any atom is -0.479 e. The van der Waals surface area contributed by atoms with Crippen LogP contribution in [0.15, 0.2) is 29.6 Å². The van der Waals surface area contributed by atoms with Gasteiger partial charge in [0.05, 0.1) is 10.7 Å². The Morgan fingerprint density at radius 2 is 2.14 bits per heavy atom. The lowest BCUT2D eigenvalue weighted by Gasteiger charge is -2.19. The average molecular weight is 320 g/mol. The first kappa shape index (κ1) is 16.5. The Morgan fingerprint density at radius 3 is 2.77 bits per heavy atom. The lowest BCUT2D eigenvalue weighted by Crippen LogP contribution is -2.24. The second-order valence-corrected chi connectivity index (χ2v) is 6.30. The number of thiazole rings is 1. The van der Waals surface area contributed by atoms with Crippen LogP contribution in [0.4, 0.5) is 0 Å². The molecule has 0 aliphatic carbocycles. The molecule has 1 N–H and O–H groups in total. The largest absolute Gasteiger partial charge is 0.479 e. The van der Waals surface area contributed by atoms with Crippen LogP contribution in [0.25, 0.3) is 0 Å². The summed E-state index contributed by atoms with van der Waals surface area (Å²) in [4.78, 5) is 17.5. The molecule has 2 rings (SSSR count). The van der Waals surface area contributed by atoms with E-state index in [4.69, 9.17) is 9.84 Å². The molecule has 0 radical (unpaired) electrons. The van der Waals surface area contributed by atoms with Gasteiger partial charge in [-0.2, -0.15) is 0 Å². The van der Waals surface area contributed by atoms with Crippen molar-refractivity contribution in [1.82, 2.24) is 9.88 Å². The molecule has 6 heteroatoms. The fourth-order valence-corrected chi connectivity index (χ4v) is 2.70. The summed E-state index contributed by atoms with van der Waals surface area (Å²) in [6.07, 6.45) is -0.868. The predicted molar refractivity (Wildman–Crippen MR) is 86.2 cm³/mol. The van der Waals surface area contributed by atoms with Gasteiger partial charge in [-0.3, -0.25) is 4.90 Å². The van der Waals surface area contributed by atoms with Gasteiger partial charge in [0.25, 0.3) is 0 Å². The first-order valence-corrected chi connectivity index (χ1v) is 7.90. The van der Waals surface area contributed by atoms with Gasteiger partial charge in [0.15, 0.2) is 6.10 Å². The van der Waals surface area contributed by atoms with Crippen LogP contribution in [0.3, 0.4) is 0 Å². The molecule has 0 aliphatic heterocycles. The molecule has 22 heavy (non-hydrogen) atoms. The van der Waals surface area contributed by atoms with Crippen LogP contribution in [-0.4, -0.2) is 34.1 Å². The molecule has 0 unspecified atom stereocenters. The molecule has 0 aliphatic rings. The maximum absolute atomic E-state index is 10.9. The predicted octanol–water partition coefficient (Wildman–Crippen LogP) is 2.94. The van der Waals surface area contributed by atoms with E-state index in [1.165, 1.54) is 6.92 Å². The highest BCUT2D eigenvalue weighted by molar-refractivity contribution is 7.09. The third-order valence-corrected chi connectivity index (χ3v) is 3.99. The van der Waals surface area contributed by atoms with Crippen LogP contribution in [0.5, 0.6) is 5.75 Å². The zero-order chi connectivity index (χ0) is 16.1. The number of rotatable bonds is 7. The number of nitrogens with zero attached hydrogens (tertiary/aromatic N) is 2. The number of para-hydroxylation sites is 1. The fourth-order valence-electron chi connectivity index (χ4n) is 2.09. The average Bonchev–Trinajstić information content (AvgIpc) is 2.86. The molecule has 1 heterocycles. The Balaban J connectivity index is 2.04. The van der Waals surface area contributed by atoms with Crippen LogP contribution in [0.2, 0.25) is 0 Å². The Hall–Kier alpha value is -1.92. The number of aliphatic carboxylic acids is 1. The molecule has 118 valence electrons. The van der Waals surface area contributed by atoms with Crippen molar-refractivity contribution in [2.75, 3.05) is 7.05 Å². The van der Waals surface area contributed by atoms with E-state index in [0.29, 0.717) is 12.3 Å². The quantitative estimate of drug-likeness (QED) is 0.850. The third-order valence-electron chi connectivity index (χ3n) is 3.16. The summed E-state index contributed by atoms with van der Waals surface area (Å²) in [6, 6.07) is 7.52. The maximum atomic E-state index is 10.9. The van der Waals surface area contributed by atoms with Crippen LogP contribution >= 0.6 is 11.3 Å². The Kier molecular flexibility index (Phi) is 5.51. The van der Waals surface area contributed by atoms with Crippen molar-refractivity contribution in [3.63, 3.8) is 0 Å². The van der Waals surface area contributed by atoms with Crippen LogP contribution in [0.1, 0.15) is 23.2 Å². The van der Waals surface area contributed by atoms with Gasteiger partial charge in [-0.15, -0.1) is 11.3 Å². The van der Waals surface area contributed by atoms with Crippen molar-refractivity contribution in [3.05, 3.63) is 45.9 Å². The summed E-state index contributed by atoms with van der Waals surface area (Å²) in [5.74, 6) is -0.361. The summed E-state index contributed by atoms with van der Waals surface area (Å²) in [7, 11) is 2.01. The molecule has 0 spiro atoms. The molecule has 0 fully saturated rings. The van der Waals surface area contributed by atoms with Gasteiger partial charge in [0.2, 0.25) is 0 Å². The molecule has 0 bridgehead atoms. The van der Waals surface area contributed by atoms with Crippen molar-refractivity contribution in [2.24, 2.45) is 0 Å². The number of hydrogen-bond acceptors (Lipinski definition) is 5. The van der Waals surface area contributed by atoms with Gasteiger partial charge < -0.3 is 9.84 Å². The minimum atomic E-state index is -0.971. The lowest BCUT2D eigenvalue weighted by molar-refractivity contribution is -0.144. The van der Waals surface area contributed by atoms with Gasteiger partial charge in [-0.1, -0.05) is 18.2 Å². The van der Waals surface area contributed by atoms with Crippen molar-refractivity contribution in [3.8, 4) is 5.75 Å². The highest BCUT2D eigenvalue weighted by Crippen LogP contribution is 2.21. The third kappa shape index (κ3) is 4.54. The lowest BCUT2D eigenvalue weighted by atomic mass is 10.2. The van der Waals surface area contributed by atoms with Crippen LogP contribution in [-0.2, 0) is 17.9 Å². The van der Waals surface area contributed by atoms with Gasteiger partial charge in [0, 0.05) is 24.0 Å². The molecule has 5 nitrogen and oxygen atoms in total. The number of carboxylic acid groups (broad SMARTS) is 1. The summed E-state index contributed by atoms with van der Waals surface area (Å²) in [6.45, 7) is 4.93. The number of aromatic nitrogens is 1. The second kappa shape index (κ2) is 7.38. The van der Waals surface area contributed by atoms with E-state index < -0.39 is 12.1 Å². The minimum absolute atomic E-state index is 0.610. The summed E-state index contributed by atoms with van der Waals surface area (Å²) in [5.41, 5.74) is 2.01. The molecule has 0 amide bonds. The van der Waals surface area contributed by atoms with E-state index in [1.54, 1.807) is 17.4 Å². The fraction of sp³-hybridized carbons (Fsp3) is 0.375. The number of aryl methyl sites for hydroxylation is 1. The van der Waals surface area contributed by atoms with Crippen LogP contribution in [0, 0.1) is 6.92 Å². The highest BCUT2D eigenvalue weighted by Gasteiger charge is 2.15. The number of benzene rings is 1. The Bertz CT molecular complexity index is 642. The molecule has 1 aromatic heterocycles.